The van der Waals surface area contributed by atoms with Gasteiger partial charge in [-0.1, -0.05) is 18.3 Å². The van der Waals surface area contributed by atoms with Crippen molar-refractivity contribution in [1.29, 1.82) is 0 Å². The third-order valence-electron chi connectivity index (χ3n) is 4.72. The normalized spacial score (nSPS) is 16.4. The van der Waals surface area contributed by atoms with Gasteiger partial charge in [-0.05, 0) is 24.6 Å². The van der Waals surface area contributed by atoms with Crippen LogP contribution in [0.1, 0.15) is 23.2 Å². The Hall–Kier alpha value is -2.05. The molecule has 4 heterocycles. The van der Waals surface area contributed by atoms with Gasteiger partial charge in [0, 0.05) is 35.6 Å². The molecule has 2 aliphatic heterocycles. The Labute approximate surface area is 144 Å². The molecule has 1 aromatic carbocycles. The van der Waals surface area contributed by atoms with E-state index in [1.165, 1.54) is 16.3 Å². The number of nitrogens with one attached hydrogen (secondary N) is 1. The zero-order valence-electron chi connectivity index (χ0n) is 13.6. The van der Waals surface area contributed by atoms with Crippen molar-refractivity contribution in [3.63, 3.8) is 0 Å². The molecular weight excluding hydrogens is 322 g/mol. The first kappa shape index (κ1) is 14.3. The minimum Gasteiger partial charge on any atom is -0.486 e. The fraction of sp³-hybridized carbons (Fsp3) is 0.389. The Morgan fingerprint density at radius 1 is 1.25 bits per heavy atom. The van der Waals surface area contributed by atoms with Gasteiger partial charge in [-0.3, -0.25) is 4.40 Å². The minimum atomic E-state index is 0.607. The maximum atomic E-state index is 5.74. The van der Waals surface area contributed by atoms with Gasteiger partial charge in [0.15, 0.2) is 16.5 Å². The highest BCUT2D eigenvalue weighted by molar-refractivity contribution is 7.17. The molecule has 24 heavy (non-hydrogen) atoms. The lowest BCUT2D eigenvalue weighted by molar-refractivity contribution is 0.171. The number of thiazole rings is 1. The maximum Gasteiger partial charge on any atom is 0.194 e. The quantitative estimate of drug-likeness (QED) is 0.778. The zero-order chi connectivity index (χ0) is 16.1. The van der Waals surface area contributed by atoms with Crippen molar-refractivity contribution in [3.05, 3.63) is 34.5 Å². The number of imidazole rings is 1. The van der Waals surface area contributed by atoms with Gasteiger partial charge in [0.2, 0.25) is 0 Å². The van der Waals surface area contributed by atoms with Crippen molar-refractivity contribution in [2.24, 2.45) is 0 Å². The highest BCUT2D eigenvalue weighted by Crippen LogP contribution is 2.37. The summed E-state index contributed by atoms with van der Waals surface area (Å²) in [6.07, 6.45) is 2.03. The fourth-order valence-electron chi connectivity index (χ4n) is 3.62. The lowest BCUT2D eigenvalue weighted by atomic mass is 10.1. The van der Waals surface area contributed by atoms with Crippen molar-refractivity contribution in [2.75, 3.05) is 19.8 Å². The molecule has 3 aromatic rings. The predicted molar refractivity (Wildman–Crippen MR) is 94.3 cm³/mol. The van der Waals surface area contributed by atoms with E-state index in [2.05, 4.69) is 28.8 Å². The van der Waals surface area contributed by atoms with E-state index in [0.29, 0.717) is 13.2 Å². The first-order chi connectivity index (χ1) is 11.8. The third-order valence-corrected chi connectivity index (χ3v) is 5.81. The standard InChI is InChI=1S/C18H19N3O2S/c1-2-12-17(11-3-4-14-15(9-11)23-8-7-22-14)20-18-21(12)13-5-6-19-10-16(13)24-18/h3-4,9,19H,2,5-8,10H2,1H3. The molecule has 6 heteroatoms. The second-order valence-corrected chi connectivity index (χ2v) is 7.20. The average molecular weight is 341 g/mol. The number of hydrogen-bond acceptors (Lipinski definition) is 5. The number of aromatic nitrogens is 2. The lowest BCUT2D eigenvalue weighted by Gasteiger charge is -2.19. The maximum absolute atomic E-state index is 5.74. The number of aryl methyl sites for hydroxylation is 1. The second kappa shape index (κ2) is 5.50. The van der Waals surface area contributed by atoms with Crippen LogP contribution in [-0.2, 0) is 19.4 Å². The first-order valence-electron chi connectivity index (χ1n) is 8.47. The molecule has 2 aromatic heterocycles. The van der Waals surface area contributed by atoms with Crippen molar-refractivity contribution < 1.29 is 9.47 Å². The summed E-state index contributed by atoms with van der Waals surface area (Å²) < 4.78 is 13.8. The van der Waals surface area contributed by atoms with E-state index in [9.17, 15) is 0 Å². The van der Waals surface area contributed by atoms with Gasteiger partial charge in [-0.2, -0.15) is 0 Å². The van der Waals surface area contributed by atoms with Gasteiger partial charge >= 0.3 is 0 Å². The number of rotatable bonds is 2. The summed E-state index contributed by atoms with van der Waals surface area (Å²) in [5.41, 5.74) is 4.90. The van der Waals surface area contributed by atoms with Gasteiger partial charge in [0.05, 0.1) is 11.4 Å². The molecule has 0 unspecified atom stereocenters. The SMILES string of the molecule is CCc1c(-c2ccc3c(c2)OCCO3)nc2sc3c(n12)CCNC3. The number of nitrogens with zero attached hydrogens (tertiary/aromatic N) is 2. The smallest absolute Gasteiger partial charge is 0.194 e. The van der Waals surface area contributed by atoms with E-state index < -0.39 is 0 Å². The Morgan fingerprint density at radius 3 is 3.00 bits per heavy atom. The van der Waals surface area contributed by atoms with Gasteiger partial charge in [0.1, 0.15) is 13.2 Å². The molecule has 0 amide bonds. The van der Waals surface area contributed by atoms with Crippen LogP contribution in [0.5, 0.6) is 11.5 Å². The number of hydrogen-bond donors (Lipinski definition) is 1. The molecule has 5 nitrogen and oxygen atoms in total. The highest BCUT2D eigenvalue weighted by Gasteiger charge is 2.23. The molecule has 0 atom stereocenters. The van der Waals surface area contributed by atoms with Crippen LogP contribution in [0.3, 0.4) is 0 Å². The monoisotopic (exact) mass is 341 g/mol. The second-order valence-electron chi connectivity index (χ2n) is 6.14. The van der Waals surface area contributed by atoms with E-state index in [0.717, 1.165) is 53.6 Å². The van der Waals surface area contributed by atoms with Crippen LogP contribution in [-0.4, -0.2) is 29.1 Å². The molecule has 1 N–H and O–H groups in total. The minimum absolute atomic E-state index is 0.607. The summed E-state index contributed by atoms with van der Waals surface area (Å²) in [5, 5.41) is 3.45. The summed E-state index contributed by atoms with van der Waals surface area (Å²) in [6.45, 7) is 5.43. The Kier molecular flexibility index (Phi) is 3.28. The van der Waals surface area contributed by atoms with Crippen LogP contribution in [0, 0.1) is 0 Å². The summed E-state index contributed by atoms with van der Waals surface area (Å²) in [4.78, 5) is 7.49. The van der Waals surface area contributed by atoms with Gasteiger partial charge in [-0.25, -0.2) is 4.98 Å². The molecule has 0 spiro atoms. The van der Waals surface area contributed by atoms with Crippen molar-refractivity contribution in [2.45, 2.75) is 26.3 Å². The molecule has 124 valence electrons. The molecular formula is C18H19N3O2S. The summed E-state index contributed by atoms with van der Waals surface area (Å²) in [6, 6.07) is 6.15. The number of benzene rings is 1. The molecule has 5 rings (SSSR count). The molecule has 0 saturated heterocycles. The summed E-state index contributed by atoms with van der Waals surface area (Å²) in [7, 11) is 0. The largest absolute Gasteiger partial charge is 0.486 e. The van der Waals surface area contributed by atoms with Crippen molar-refractivity contribution in [1.82, 2.24) is 14.7 Å². The number of ether oxygens (including phenoxy) is 2. The van der Waals surface area contributed by atoms with E-state index in [1.54, 1.807) is 11.3 Å². The van der Waals surface area contributed by atoms with Gasteiger partial charge < -0.3 is 14.8 Å². The van der Waals surface area contributed by atoms with Crippen LogP contribution >= 0.6 is 11.3 Å². The fourth-order valence-corrected chi connectivity index (χ4v) is 4.77. The van der Waals surface area contributed by atoms with Gasteiger partial charge in [-0.15, -0.1) is 0 Å². The average Bonchev–Trinajstić information content (AvgIpc) is 3.17. The van der Waals surface area contributed by atoms with Crippen LogP contribution in [0.15, 0.2) is 18.2 Å². The van der Waals surface area contributed by atoms with Crippen molar-refractivity contribution >= 4 is 16.3 Å². The van der Waals surface area contributed by atoms with E-state index in [4.69, 9.17) is 14.5 Å². The third kappa shape index (κ3) is 2.06. The molecule has 0 aliphatic carbocycles. The molecule has 2 aliphatic rings. The Bertz CT molecular complexity index is 928. The molecule has 0 saturated carbocycles. The molecule has 0 radical (unpaired) electrons. The van der Waals surface area contributed by atoms with E-state index >= 15 is 0 Å². The topological polar surface area (TPSA) is 47.8 Å². The molecule has 0 fully saturated rings. The number of fused-ring (bicyclic) bond motifs is 4. The van der Waals surface area contributed by atoms with Crippen LogP contribution in [0.2, 0.25) is 0 Å². The van der Waals surface area contributed by atoms with Crippen LogP contribution in [0.25, 0.3) is 16.2 Å². The van der Waals surface area contributed by atoms with E-state index in [1.807, 2.05) is 6.07 Å². The van der Waals surface area contributed by atoms with Crippen molar-refractivity contribution in [3.8, 4) is 22.8 Å². The highest BCUT2D eigenvalue weighted by atomic mass is 32.1. The summed E-state index contributed by atoms with van der Waals surface area (Å²) >= 11 is 1.81. The van der Waals surface area contributed by atoms with E-state index in [-0.39, 0.29) is 0 Å². The van der Waals surface area contributed by atoms with Crippen LogP contribution in [0.4, 0.5) is 0 Å². The Balaban J connectivity index is 1.68. The zero-order valence-corrected chi connectivity index (χ0v) is 14.4. The predicted octanol–water partition coefficient (Wildman–Crippen LogP) is 3.04. The summed E-state index contributed by atoms with van der Waals surface area (Å²) in [5.74, 6) is 1.65. The van der Waals surface area contributed by atoms with Crippen LogP contribution < -0.4 is 14.8 Å². The molecule has 0 bridgehead atoms. The Morgan fingerprint density at radius 2 is 2.12 bits per heavy atom. The first-order valence-corrected chi connectivity index (χ1v) is 9.29. The lowest BCUT2D eigenvalue weighted by Crippen LogP contribution is -2.23. The van der Waals surface area contributed by atoms with Gasteiger partial charge in [0.25, 0.3) is 0 Å².